The molecule has 8 heteroatoms. The third kappa shape index (κ3) is 4.35. The Labute approximate surface area is 227 Å². The Bertz CT molecular complexity index is 1600. The molecule has 2 bridgehead atoms. The zero-order valence-electron chi connectivity index (χ0n) is 22.3. The van der Waals surface area contributed by atoms with Gasteiger partial charge in [0.1, 0.15) is 17.8 Å². The third-order valence-corrected chi connectivity index (χ3v) is 8.19. The van der Waals surface area contributed by atoms with Gasteiger partial charge in [0.2, 0.25) is 0 Å². The highest BCUT2D eigenvalue weighted by Gasteiger charge is 2.36. The van der Waals surface area contributed by atoms with Crippen LogP contribution in [0.25, 0.3) is 33.4 Å². The number of nitrogens with zero attached hydrogens (tertiary/aromatic N) is 4. The Hall–Kier alpha value is -4.46. The Morgan fingerprint density at radius 3 is 2.26 bits per heavy atom. The van der Waals surface area contributed by atoms with E-state index in [2.05, 4.69) is 26.8 Å². The molecule has 3 N–H and O–H groups in total. The van der Waals surface area contributed by atoms with Crippen molar-refractivity contribution in [2.75, 3.05) is 17.6 Å². The van der Waals surface area contributed by atoms with Crippen LogP contribution >= 0.6 is 0 Å². The summed E-state index contributed by atoms with van der Waals surface area (Å²) in [5.74, 6) is 0.930. The third-order valence-electron chi connectivity index (χ3n) is 8.19. The minimum Gasteiger partial charge on any atom is -0.383 e. The average Bonchev–Trinajstić information content (AvgIpc) is 3.27. The fourth-order valence-corrected chi connectivity index (χ4v) is 6.10. The van der Waals surface area contributed by atoms with E-state index >= 15 is 0 Å². The molecule has 3 fully saturated rings. The summed E-state index contributed by atoms with van der Waals surface area (Å²) >= 11 is 0. The predicted molar refractivity (Wildman–Crippen MR) is 154 cm³/mol. The van der Waals surface area contributed by atoms with Crippen LogP contribution in [-0.4, -0.2) is 43.8 Å². The number of carbonyl (C=O) groups excluding carboxylic acids is 2. The monoisotopic (exact) mass is 520 g/mol. The number of aromatic nitrogens is 3. The molecule has 7 rings (SSSR count). The first kappa shape index (κ1) is 24.9. The van der Waals surface area contributed by atoms with Crippen LogP contribution in [0.1, 0.15) is 43.0 Å². The molecule has 198 valence electrons. The van der Waals surface area contributed by atoms with Gasteiger partial charge < -0.3 is 20.5 Å². The van der Waals surface area contributed by atoms with Crippen LogP contribution in [-0.2, 0) is 11.8 Å². The van der Waals surface area contributed by atoms with Gasteiger partial charge in [0.05, 0.1) is 11.1 Å². The number of hydrogen-bond acceptors (Lipinski definition) is 5. The fourth-order valence-electron chi connectivity index (χ4n) is 6.10. The Morgan fingerprint density at radius 1 is 0.974 bits per heavy atom. The summed E-state index contributed by atoms with van der Waals surface area (Å²) in [6.07, 6.45) is 6.17. The number of amides is 2. The van der Waals surface area contributed by atoms with Gasteiger partial charge in [-0.05, 0) is 73.9 Å². The largest absolute Gasteiger partial charge is 0.383 e. The average molecular weight is 521 g/mol. The second-order valence-electron chi connectivity index (χ2n) is 10.8. The summed E-state index contributed by atoms with van der Waals surface area (Å²) in [5, 5.41) is 3.61. The van der Waals surface area contributed by atoms with Gasteiger partial charge in [-0.25, -0.2) is 9.97 Å². The number of fused-ring (bicyclic) bond motifs is 4. The zero-order chi connectivity index (χ0) is 27.3. The lowest BCUT2D eigenvalue weighted by molar-refractivity contribution is -0.112. The maximum absolute atomic E-state index is 13.4. The van der Waals surface area contributed by atoms with E-state index in [1.165, 1.54) is 19.2 Å². The number of nitrogen functional groups attached to an aromatic ring is 1. The SMILES string of the molecule is C=C(C)C(=O)Nc1ccc(-c2c(-c3ccc(C(=O)N4CC5CCC4CC5)cc3)c3c(N)ncnc3n2C)cc1. The predicted octanol–water partition coefficient (Wildman–Crippen LogP) is 5.41. The first-order valence-corrected chi connectivity index (χ1v) is 13.4. The number of carbonyl (C=O) groups is 2. The molecular weight excluding hydrogens is 488 g/mol. The van der Waals surface area contributed by atoms with Crippen LogP contribution in [0.4, 0.5) is 11.5 Å². The lowest BCUT2D eigenvalue weighted by atomic mass is 9.79. The molecule has 2 aromatic heterocycles. The molecule has 2 amide bonds. The van der Waals surface area contributed by atoms with Gasteiger partial charge in [-0.2, -0.15) is 0 Å². The molecule has 3 aliphatic rings. The van der Waals surface area contributed by atoms with E-state index in [4.69, 9.17) is 5.73 Å². The van der Waals surface area contributed by atoms with E-state index < -0.39 is 0 Å². The summed E-state index contributed by atoms with van der Waals surface area (Å²) < 4.78 is 2.01. The van der Waals surface area contributed by atoms with Gasteiger partial charge in [-0.3, -0.25) is 9.59 Å². The van der Waals surface area contributed by atoms with Crippen LogP contribution in [0.3, 0.4) is 0 Å². The molecule has 1 saturated carbocycles. The van der Waals surface area contributed by atoms with Crippen molar-refractivity contribution in [1.29, 1.82) is 0 Å². The van der Waals surface area contributed by atoms with E-state index in [1.807, 2.05) is 60.1 Å². The van der Waals surface area contributed by atoms with E-state index in [1.54, 1.807) is 6.92 Å². The van der Waals surface area contributed by atoms with Crippen LogP contribution in [0.15, 0.2) is 67.0 Å². The zero-order valence-corrected chi connectivity index (χ0v) is 22.3. The Morgan fingerprint density at radius 2 is 1.64 bits per heavy atom. The smallest absolute Gasteiger partial charge is 0.254 e. The van der Waals surface area contributed by atoms with E-state index in [9.17, 15) is 9.59 Å². The molecule has 1 aliphatic carbocycles. The quantitative estimate of drug-likeness (QED) is 0.342. The van der Waals surface area contributed by atoms with Crippen molar-refractivity contribution in [3.05, 3.63) is 72.6 Å². The number of anilines is 2. The van der Waals surface area contributed by atoms with Crippen molar-refractivity contribution in [2.24, 2.45) is 13.0 Å². The van der Waals surface area contributed by atoms with E-state index in [0.29, 0.717) is 34.6 Å². The van der Waals surface area contributed by atoms with Gasteiger partial charge in [-0.1, -0.05) is 30.8 Å². The normalized spacial score (nSPS) is 18.4. The standard InChI is InChI=1S/C31H32N6O2/c1-18(2)30(38)35-23-12-10-21(11-13-23)27-25(26-28(32)33-17-34-29(26)36(27)3)20-6-8-22(9-7-20)31(39)37-16-19-4-14-24(37)15-5-19/h6-13,17,19,24H,1,4-5,14-16H2,2-3H3,(H,35,38)(H2,32,33,34). The highest BCUT2D eigenvalue weighted by Crippen LogP contribution is 2.42. The topological polar surface area (TPSA) is 106 Å². The van der Waals surface area contributed by atoms with Crippen molar-refractivity contribution < 1.29 is 9.59 Å². The van der Waals surface area contributed by atoms with Gasteiger partial charge in [-0.15, -0.1) is 0 Å². The van der Waals surface area contributed by atoms with Crippen LogP contribution in [0, 0.1) is 5.92 Å². The van der Waals surface area contributed by atoms with Crippen molar-refractivity contribution in [3.8, 4) is 22.4 Å². The maximum atomic E-state index is 13.4. The lowest BCUT2D eigenvalue weighted by Gasteiger charge is -2.45. The Balaban J connectivity index is 1.39. The van der Waals surface area contributed by atoms with Crippen LogP contribution in [0.5, 0.6) is 0 Å². The second-order valence-corrected chi connectivity index (χ2v) is 10.8. The first-order valence-electron chi connectivity index (χ1n) is 13.4. The van der Waals surface area contributed by atoms with Gasteiger partial charge >= 0.3 is 0 Å². The van der Waals surface area contributed by atoms with Crippen LogP contribution in [0.2, 0.25) is 0 Å². The number of benzene rings is 2. The van der Waals surface area contributed by atoms with E-state index in [-0.39, 0.29) is 11.8 Å². The number of nitrogens with one attached hydrogen (secondary N) is 1. The highest BCUT2D eigenvalue weighted by atomic mass is 16.2. The van der Waals surface area contributed by atoms with Gasteiger partial charge in [0.15, 0.2) is 0 Å². The van der Waals surface area contributed by atoms with Crippen molar-refractivity contribution in [2.45, 2.75) is 38.6 Å². The van der Waals surface area contributed by atoms with E-state index in [0.717, 1.165) is 52.8 Å². The number of piperidine rings is 2. The summed E-state index contributed by atoms with van der Waals surface area (Å²) in [7, 11) is 1.95. The molecule has 0 spiro atoms. The molecule has 0 unspecified atom stereocenters. The molecule has 39 heavy (non-hydrogen) atoms. The molecule has 2 saturated heterocycles. The fraction of sp³-hybridized carbons (Fsp3) is 0.290. The van der Waals surface area contributed by atoms with Crippen molar-refractivity contribution in [3.63, 3.8) is 0 Å². The molecule has 4 aromatic rings. The maximum Gasteiger partial charge on any atom is 0.254 e. The summed E-state index contributed by atoms with van der Waals surface area (Å²) in [5.41, 5.74) is 12.6. The lowest BCUT2D eigenvalue weighted by Crippen LogP contribution is -2.50. The minimum absolute atomic E-state index is 0.115. The van der Waals surface area contributed by atoms with Crippen molar-refractivity contribution in [1.82, 2.24) is 19.4 Å². The molecule has 0 radical (unpaired) electrons. The highest BCUT2D eigenvalue weighted by molar-refractivity contribution is 6.08. The van der Waals surface area contributed by atoms with Gasteiger partial charge in [0.25, 0.3) is 11.8 Å². The molecular formula is C31H32N6O2. The molecule has 2 aliphatic heterocycles. The summed E-state index contributed by atoms with van der Waals surface area (Å²) in [6.45, 7) is 6.24. The number of rotatable bonds is 5. The molecule has 0 atom stereocenters. The number of nitrogens with two attached hydrogens (primary N) is 1. The number of hydrogen-bond donors (Lipinski definition) is 2. The van der Waals surface area contributed by atoms with Crippen molar-refractivity contribution >= 4 is 34.4 Å². The minimum atomic E-state index is -0.219. The number of aryl methyl sites for hydroxylation is 1. The molecule has 4 heterocycles. The Kier molecular flexibility index (Phi) is 6.17. The molecule has 8 nitrogen and oxygen atoms in total. The van der Waals surface area contributed by atoms with Gasteiger partial charge in [0, 0.05) is 42.0 Å². The van der Waals surface area contributed by atoms with Crippen LogP contribution < -0.4 is 11.1 Å². The summed E-state index contributed by atoms with van der Waals surface area (Å²) in [6, 6.07) is 15.8. The first-order chi connectivity index (χ1) is 18.8. The second kappa shape index (κ2) is 9.69. The summed E-state index contributed by atoms with van der Waals surface area (Å²) in [4.78, 5) is 36.3. The molecule has 2 aromatic carbocycles.